The van der Waals surface area contributed by atoms with Crippen molar-refractivity contribution in [3.05, 3.63) is 58.1 Å². The number of rotatable bonds is 5. The van der Waals surface area contributed by atoms with Gasteiger partial charge in [0.25, 0.3) is 0 Å². The van der Waals surface area contributed by atoms with E-state index in [9.17, 15) is 13.6 Å². The van der Waals surface area contributed by atoms with Gasteiger partial charge in [0.05, 0.1) is 12.7 Å². The summed E-state index contributed by atoms with van der Waals surface area (Å²) >= 11 is 5.64. The molecular weight excluding hydrogens is 302 g/mol. The van der Waals surface area contributed by atoms with Crippen LogP contribution < -0.4 is 9.47 Å². The fraction of sp³-hybridized carbons (Fsp3) is 0.133. The monoisotopic (exact) mass is 312 g/mol. The largest absolute Gasteiger partial charge is 0.496 e. The summed E-state index contributed by atoms with van der Waals surface area (Å²) < 4.78 is 37.5. The molecule has 0 saturated carbocycles. The molecule has 0 fully saturated rings. The number of aldehydes is 1. The Labute approximate surface area is 125 Å². The molecule has 2 rings (SSSR count). The molecule has 0 amide bonds. The third-order valence-electron chi connectivity index (χ3n) is 2.80. The maximum atomic E-state index is 13.6. The van der Waals surface area contributed by atoms with Crippen molar-refractivity contribution in [2.45, 2.75) is 6.61 Å². The lowest BCUT2D eigenvalue weighted by molar-refractivity contribution is 0.111. The Morgan fingerprint density at radius 2 is 1.90 bits per heavy atom. The molecule has 0 heterocycles. The Kier molecular flexibility index (Phi) is 4.75. The summed E-state index contributed by atoms with van der Waals surface area (Å²) in [5.41, 5.74) is 0.239. The summed E-state index contributed by atoms with van der Waals surface area (Å²) in [6.45, 7) is -0.113. The van der Waals surface area contributed by atoms with Crippen LogP contribution in [0.2, 0.25) is 5.02 Å². The van der Waals surface area contributed by atoms with Gasteiger partial charge in [-0.3, -0.25) is 4.79 Å². The Bertz CT molecular complexity index is 674. The predicted molar refractivity (Wildman–Crippen MR) is 74.1 cm³/mol. The Hall–Kier alpha value is -2.14. The first-order valence-corrected chi connectivity index (χ1v) is 6.32. The highest BCUT2D eigenvalue weighted by atomic mass is 35.5. The van der Waals surface area contributed by atoms with Crippen LogP contribution in [-0.4, -0.2) is 13.4 Å². The third-order valence-corrected chi connectivity index (χ3v) is 3.04. The van der Waals surface area contributed by atoms with E-state index >= 15 is 0 Å². The van der Waals surface area contributed by atoms with Crippen molar-refractivity contribution in [1.82, 2.24) is 0 Å². The molecular formula is C15H11ClF2O3. The van der Waals surface area contributed by atoms with Gasteiger partial charge in [0.1, 0.15) is 18.2 Å². The second-order valence-corrected chi connectivity index (χ2v) is 4.60. The number of hydrogen-bond donors (Lipinski definition) is 0. The molecule has 0 radical (unpaired) electrons. The average Bonchev–Trinajstić information content (AvgIpc) is 2.46. The first kappa shape index (κ1) is 15.3. The number of ether oxygens (including phenoxy) is 2. The van der Waals surface area contributed by atoms with E-state index in [4.69, 9.17) is 21.1 Å². The summed E-state index contributed by atoms with van der Waals surface area (Å²) in [7, 11) is 1.38. The van der Waals surface area contributed by atoms with E-state index in [0.29, 0.717) is 11.8 Å². The molecule has 6 heteroatoms. The van der Waals surface area contributed by atoms with Crippen LogP contribution in [0.15, 0.2) is 30.3 Å². The summed E-state index contributed by atoms with van der Waals surface area (Å²) in [6, 6.07) is 6.35. The first-order chi connectivity index (χ1) is 10.0. The normalized spacial score (nSPS) is 10.3. The molecule has 0 aliphatic rings. The van der Waals surface area contributed by atoms with E-state index in [1.165, 1.54) is 25.3 Å². The van der Waals surface area contributed by atoms with Crippen molar-refractivity contribution in [2.75, 3.05) is 7.11 Å². The fourth-order valence-electron chi connectivity index (χ4n) is 1.75. The van der Waals surface area contributed by atoms with Crippen LogP contribution >= 0.6 is 11.6 Å². The van der Waals surface area contributed by atoms with Crippen LogP contribution in [-0.2, 0) is 6.61 Å². The molecule has 0 aliphatic carbocycles. The standard InChI is InChI=1S/C15H11ClF2O3/c1-20-15-5-9(7-19)12(17)4-10(15)8-21-14-3-2-11(16)6-13(14)18/h2-7H,8H2,1H3. The molecule has 2 aromatic carbocycles. The van der Waals surface area contributed by atoms with Gasteiger partial charge >= 0.3 is 0 Å². The van der Waals surface area contributed by atoms with E-state index in [-0.39, 0.29) is 28.7 Å². The van der Waals surface area contributed by atoms with Crippen LogP contribution in [0.5, 0.6) is 11.5 Å². The van der Waals surface area contributed by atoms with Crippen molar-refractivity contribution in [3.63, 3.8) is 0 Å². The lowest BCUT2D eigenvalue weighted by Gasteiger charge is -2.12. The zero-order chi connectivity index (χ0) is 15.4. The minimum atomic E-state index is -0.694. The topological polar surface area (TPSA) is 35.5 Å². The molecule has 0 bridgehead atoms. The highest BCUT2D eigenvalue weighted by Gasteiger charge is 2.12. The van der Waals surface area contributed by atoms with Crippen molar-refractivity contribution in [2.24, 2.45) is 0 Å². The van der Waals surface area contributed by atoms with Gasteiger partial charge in [0.2, 0.25) is 0 Å². The highest BCUT2D eigenvalue weighted by molar-refractivity contribution is 6.30. The Morgan fingerprint density at radius 3 is 2.52 bits per heavy atom. The van der Waals surface area contributed by atoms with Crippen LogP contribution in [0.1, 0.15) is 15.9 Å². The van der Waals surface area contributed by atoms with E-state index in [1.807, 2.05) is 0 Å². The van der Waals surface area contributed by atoms with E-state index in [2.05, 4.69) is 0 Å². The number of carbonyl (C=O) groups is 1. The van der Waals surface area contributed by atoms with Crippen molar-refractivity contribution in [1.29, 1.82) is 0 Å². The van der Waals surface area contributed by atoms with E-state index in [1.54, 1.807) is 0 Å². The van der Waals surface area contributed by atoms with Gasteiger partial charge in [0, 0.05) is 10.6 Å². The predicted octanol–water partition coefficient (Wildman–Crippen LogP) is 4.02. The molecule has 0 N–H and O–H groups in total. The Balaban J connectivity index is 2.23. The van der Waals surface area contributed by atoms with Crippen LogP contribution in [0, 0.1) is 11.6 Å². The van der Waals surface area contributed by atoms with Crippen LogP contribution in [0.4, 0.5) is 8.78 Å². The van der Waals surface area contributed by atoms with Gasteiger partial charge in [-0.2, -0.15) is 0 Å². The molecule has 110 valence electrons. The summed E-state index contributed by atoms with van der Waals surface area (Å²) in [5, 5.41) is 0.249. The number of methoxy groups -OCH3 is 1. The average molecular weight is 313 g/mol. The van der Waals surface area contributed by atoms with Gasteiger partial charge in [-0.15, -0.1) is 0 Å². The highest BCUT2D eigenvalue weighted by Crippen LogP contribution is 2.26. The second-order valence-electron chi connectivity index (χ2n) is 4.17. The zero-order valence-electron chi connectivity index (χ0n) is 11.0. The van der Waals surface area contributed by atoms with E-state index < -0.39 is 11.6 Å². The molecule has 0 aromatic heterocycles. The number of halogens is 3. The number of carbonyl (C=O) groups excluding carboxylic acids is 1. The van der Waals surface area contributed by atoms with Gasteiger partial charge < -0.3 is 9.47 Å². The molecule has 0 saturated heterocycles. The molecule has 0 spiro atoms. The molecule has 3 nitrogen and oxygen atoms in total. The third kappa shape index (κ3) is 3.49. The zero-order valence-corrected chi connectivity index (χ0v) is 11.8. The quantitative estimate of drug-likeness (QED) is 0.782. The Morgan fingerprint density at radius 1 is 1.14 bits per heavy atom. The molecule has 2 aromatic rings. The van der Waals surface area contributed by atoms with Crippen LogP contribution in [0.3, 0.4) is 0 Å². The lowest BCUT2D eigenvalue weighted by atomic mass is 10.1. The molecule has 21 heavy (non-hydrogen) atoms. The molecule has 0 unspecified atom stereocenters. The van der Waals surface area contributed by atoms with Gasteiger partial charge in [0.15, 0.2) is 17.9 Å². The number of benzene rings is 2. The van der Waals surface area contributed by atoms with Crippen molar-refractivity contribution < 1.29 is 23.0 Å². The summed E-state index contributed by atoms with van der Waals surface area (Å²) in [5.74, 6) is -1.04. The first-order valence-electron chi connectivity index (χ1n) is 5.94. The van der Waals surface area contributed by atoms with Crippen molar-refractivity contribution in [3.8, 4) is 11.5 Å². The van der Waals surface area contributed by atoms with Gasteiger partial charge in [-0.25, -0.2) is 8.78 Å². The summed E-state index contributed by atoms with van der Waals surface area (Å²) in [6.07, 6.45) is 0.390. The smallest absolute Gasteiger partial charge is 0.166 e. The summed E-state index contributed by atoms with van der Waals surface area (Å²) in [4.78, 5) is 10.7. The minimum Gasteiger partial charge on any atom is -0.496 e. The SMILES string of the molecule is COc1cc(C=O)c(F)cc1COc1ccc(Cl)cc1F. The van der Waals surface area contributed by atoms with Crippen LogP contribution in [0.25, 0.3) is 0 Å². The second kappa shape index (κ2) is 6.54. The van der Waals surface area contributed by atoms with Gasteiger partial charge in [-0.05, 0) is 30.3 Å². The molecule has 0 atom stereocenters. The molecule has 0 aliphatic heterocycles. The van der Waals surface area contributed by atoms with E-state index in [0.717, 1.165) is 12.1 Å². The maximum absolute atomic E-state index is 13.6. The maximum Gasteiger partial charge on any atom is 0.166 e. The lowest BCUT2D eigenvalue weighted by Crippen LogP contribution is -2.02. The number of hydrogen-bond acceptors (Lipinski definition) is 3. The van der Waals surface area contributed by atoms with Gasteiger partial charge in [-0.1, -0.05) is 11.6 Å². The van der Waals surface area contributed by atoms with Crippen molar-refractivity contribution >= 4 is 17.9 Å². The fourth-order valence-corrected chi connectivity index (χ4v) is 1.91. The minimum absolute atomic E-state index is 0.0127.